The van der Waals surface area contributed by atoms with Gasteiger partial charge in [0.2, 0.25) is 0 Å². The van der Waals surface area contributed by atoms with Gasteiger partial charge in [-0.3, -0.25) is 9.13 Å². The number of fused-ring (bicyclic) bond motifs is 1. The molecule has 4 nitrogen and oxygen atoms in total. The zero-order valence-corrected chi connectivity index (χ0v) is 12.4. The maximum Gasteiger partial charge on any atom is 0.328 e. The number of aryl methyl sites for hydroxylation is 3. The zero-order chi connectivity index (χ0) is 14.3. The number of hydrogen-bond donors (Lipinski definition) is 1. The van der Waals surface area contributed by atoms with E-state index in [4.69, 9.17) is 5.73 Å². The fraction of sp³-hybridized carbons (Fsp3) is 0.533. The van der Waals surface area contributed by atoms with E-state index < -0.39 is 0 Å². The van der Waals surface area contributed by atoms with E-state index in [0.29, 0.717) is 5.92 Å². The lowest BCUT2D eigenvalue weighted by Gasteiger charge is -2.21. The first-order valence-electron chi connectivity index (χ1n) is 6.80. The van der Waals surface area contributed by atoms with Gasteiger partial charge in [-0.05, 0) is 36.1 Å². The van der Waals surface area contributed by atoms with Crippen LogP contribution in [0.3, 0.4) is 0 Å². The van der Waals surface area contributed by atoms with Crippen LogP contribution < -0.4 is 11.4 Å². The first-order valence-corrected chi connectivity index (χ1v) is 6.80. The number of aromatic nitrogens is 2. The molecule has 0 saturated carbocycles. The topological polar surface area (TPSA) is 52.9 Å². The van der Waals surface area contributed by atoms with E-state index >= 15 is 0 Å². The second-order valence-electron chi connectivity index (χ2n) is 5.51. The molecule has 1 heterocycles. The lowest BCUT2D eigenvalue weighted by Crippen LogP contribution is -2.20. The highest BCUT2D eigenvalue weighted by Gasteiger charge is 2.18. The second-order valence-corrected chi connectivity index (χ2v) is 5.51. The van der Waals surface area contributed by atoms with E-state index in [1.807, 2.05) is 0 Å². The maximum atomic E-state index is 12.0. The number of nitrogens with two attached hydrogens (primary N) is 1. The Morgan fingerprint density at radius 2 is 1.74 bits per heavy atom. The van der Waals surface area contributed by atoms with Crippen LogP contribution in [0.1, 0.15) is 37.4 Å². The van der Waals surface area contributed by atoms with Crippen molar-refractivity contribution in [3.63, 3.8) is 0 Å². The molecular weight excluding hydrogens is 238 g/mol. The summed E-state index contributed by atoms with van der Waals surface area (Å²) >= 11 is 0. The Morgan fingerprint density at radius 1 is 1.21 bits per heavy atom. The summed E-state index contributed by atoms with van der Waals surface area (Å²) in [5.41, 5.74) is 10.6. The normalized spacial score (nSPS) is 14.8. The highest BCUT2D eigenvalue weighted by molar-refractivity contribution is 5.78. The predicted molar refractivity (Wildman–Crippen MR) is 79.3 cm³/mol. The second kappa shape index (κ2) is 4.85. The van der Waals surface area contributed by atoms with Crippen molar-refractivity contribution in [2.45, 2.75) is 33.2 Å². The van der Waals surface area contributed by atoms with E-state index in [2.05, 4.69) is 32.9 Å². The molecule has 0 bridgehead atoms. The summed E-state index contributed by atoms with van der Waals surface area (Å²) in [5, 5.41) is 0. The van der Waals surface area contributed by atoms with E-state index in [1.54, 1.807) is 23.2 Å². The van der Waals surface area contributed by atoms with Crippen LogP contribution in [0, 0.1) is 12.8 Å². The van der Waals surface area contributed by atoms with Crippen LogP contribution >= 0.6 is 0 Å². The Labute approximate surface area is 113 Å². The summed E-state index contributed by atoms with van der Waals surface area (Å²) in [7, 11) is 3.61. The molecule has 0 saturated heterocycles. The van der Waals surface area contributed by atoms with Gasteiger partial charge in [-0.1, -0.05) is 20.3 Å². The van der Waals surface area contributed by atoms with Crippen molar-refractivity contribution in [3.05, 3.63) is 33.7 Å². The van der Waals surface area contributed by atoms with Crippen LogP contribution in [0.4, 0.5) is 0 Å². The predicted octanol–water partition coefficient (Wildman–Crippen LogP) is 2.23. The van der Waals surface area contributed by atoms with Crippen molar-refractivity contribution in [3.8, 4) is 0 Å². The summed E-state index contributed by atoms with van der Waals surface area (Å²) in [4.78, 5) is 12.0. The average molecular weight is 261 g/mol. The molecular formula is C15H23N3O. The lowest BCUT2D eigenvalue weighted by molar-refractivity contribution is 0.455. The summed E-state index contributed by atoms with van der Waals surface area (Å²) in [5.74, 6) is 0.428. The molecule has 0 aliphatic rings. The highest BCUT2D eigenvalue weighted by Crippen LogP contribution is 2.28. The maximum absolute atomic E-state index is 12.0. The van der Waals surface area contributed by atoms with E-state index in [-0.39, 0.29) is 11.7 Å². The molecule has 0 radical (unpaired) electrons. The minimum absolute atomic E-state index is 0.00339. The molecule has 2 N–H and O–H groups in total. The molecule has 1 aromatic heterocycles. The van der Waals surface area contributed by atoms with Crippen LogP contribution in [0.5, 0.6) is 0 Å². The number of imidazole rings is 1. The molecule has 104 valence electrons. The van der Waals surface area contributed by atoms with Gasteiger partial charge in [0.05, 0.1) is 11.0 Å². The molecule has 0 amide bonds. The van der Waals surface area contributed by atoms with Gasteiger partial charge in [0.25, 0.3) is 0 Å². The van der Waals surface area contributed by atoms with Crippen molar-refractivity contribution >= 4 is 11.0 Å². The van der Waals surface area contributed by atoms with Crippen LogP contribution in [0.15, 0.2) is 16.9 Å². The van der Waals surface area contributed by atoms with Crippen LogP contribution in [0.2, 0.25) is 0 Å². The van der Waals surface area contributed by atoms with Gasteiger partial charge in [-0.15, -0.1) is 0 Å². The molecule has 0 aliphatic heterocycles. The molecule has 4 heteroatoms. The smallest absolute Gasteiger partial charge is 0.324 e. The summed E-state index contributed by atoms with van der Waals surface area (Å²) in [6.07, 6.45) is 1.05. The van der Waals surface area contributed by atoms with Crippen LogP contribution in [-0.2, 0) is 14.1 Å². The van der Waals surface area contributed by atoms with Gasteiger partial charge >= 0.3 is 5.69 Å². The van der Waals surface area contributed by atoms with Crippen LogP contribution in [0.25, 0.3) is 11.0 Å². The largest absolute Gasteiger partial charge is 0.328 e. The third kappa shape index (κ3) is 2.10. The monoisotopic (exact) mass is 261 g/mol. The van der Waals surface area contributed by atoms with Gasteiger partial charge in [-0.25, -0.2) is 4.79 Å². The minimum atomic E-state index is 0.00339. The number of benzene rings is 1. The van der Waals surface area contributed by atoms with Crippen molar-refractivity contribution < 1.29 is 0 Å². The number of rotatable bonds is 3. The standard InChI is InChI=1S/C15H23N3O/c1-6-9(2)14(16)11-8-13-12(7-10(11)3)17(4)15(19)18(13)5/h7-9,14H,6,16H2,1-5H3. The summed E-state index contributed by atoms with van der Waals surface area (Å²) in [6.45, 7) is 6.38. The first-order chi connectivity index (χ1) is 8.88. The quantitative estimate of drug-likeness (QED) is 0.921. The van der Waals surface area contributed by atoms with E-state index in [0.717, 1.165) is 28.6 Å². The van der Waals surface area contributed by atoms with Gasteiger partial charge in [0.1, 0.15) is 0 Å². The van der Waals surface area contributed by atoms with Gasteiger partial charge in [-0.2, -0.15) is 0 Å². The van der Waals surface area contributed by atoms with Gasteiger partial charge in [0, 0.05) is 20.1 Å². The number of hydrogen-bond acceptors (Lipinski definition) is 2. The molecule has 2 unspecified atom stereocenters. The number of nitrogens with zero attached hydrogens (tertiary/aromatic N) is 2. The molecule has 2 atom stereocenters. The van der Waals surface area contributed by atoms with Crippen molar-refractivity contribution in [2.75, 3.05) is 0 Å². The Balaban J connectivity index is 2.68. The zero-order valence-electron chi connectivity index (χ0n) is 12.4. The fourth-order valence-electron chi connectivity index (χ4n) is 2.59. The van der Waals surface area contributed by atoms with Crippen molar-refractivity contribution in [1.82, 2.24) is 9.13 Å². The van der Waals surface area contributed by atoms with Crippen LogP contribution in [-0.4, -0.2) is 9.13 Å². The van der Waals surface area contributed by atoms with Gasteiger partial charge in [0.15, 0.2) is 0 Å². The minimum Gasteiger partial charge on any atom is -0.324 e. The first kappa shape index (κ1) is 13.9. The lowest BCUT2D eigenvalue weighted by atomic mass is 9.90. The average Bonchev–Trinajstić information content (AvgIpc) is 2.61. The van der Waals surface area contributed by atoms with Crippen molar-refractivity contribution in [2.24, 2.45) is 25.7 Å². The highest BCUT2D eigenvalue weighted by atomic mass is 16.1. The summed E-state index contributed by atoms with van der Waals surface area (Å²) < 4.78 is 3.36. The molecule has 0 spiro atoms. The Morgan fingerprint density at radius 3 is 2.26 bits per heavy atom. The molecule has 0 aliphatic carbocycles. The van der Waals surface area contributed by atoms with E-state index in [9.17, 15) is 4.79 Å². The SMILES string of the molecule is CCC(C)C(N)c1cc2c(cc1C)n(C)c(=O)n2C. The van der Waals surface area contributed by atoms with Crippen molar-refractivity contribution in [1.29, 1.82) is 0 Å². The Bertz CT molecular complexity index is 666. The molecule has 1 aromatic carbocycles. The van der Waals surface area contributed by atoms with E-state index in [1.165, 1.54) is 0 Å². The third-order valence-corrected chi connectivity index (χ3v) is 4.28. The van der Waals surface area contributed by atoms with Gasteiger partial charge < -0.3 is 5.73 Å². The Hall–Kier alpha value is -1.55. The molecule has 2 rings (SSSR count). The summed E-state index contributed by atoms with van der Waals surface area (Å²) in [6, 6.07) is 4.15. The molecule has 0 fully saturated rings. The molecule has 19 heavy (non-hydrogen) atoms. The molecule has 2 aromatic rings. The third-order valence-electron chi connectivity index (χ3n) is 4.28. The Kier molecular flexibility index (Phi) is 3.54. The fourth-order valence-corrected chi connectivity index (χ4v) is 2.59.